The monoisotopic (exact) mass is 170 g/mol. The molecule has 0 radical (unpaired) electrons. The Kier molecular flexibility index (Phi) is 5.61. The van der Waals surface area contributed by atoms with Crippen LogP contribution in [-0.2, 0) is 0 Å². The lowest BCUT2D eigenvalue weighted by molar-refractivity contribution is 0.205. The normalized spacial score (nSPS) is 21.5. The second-order valence-corrected chi connectivity index (χ2v) is 4.49. The van der Waals surface area contributed by atoms with Gasteiger partial charge in [-0.05, 0) is 23.7 Å². The summed E-state index contributed by atoms with van der Waals surface area (Å²) in [5, 5.41) is 0. The van der Waals surface area contributed by atoms with Crippen LogP contribution in [0.3, 0.4) is 0 Å². The van der Waals surface area contributed by atoms with Crippen LogP contribution in [0.4, 0.5) is 0 Å². The van der Waals surface area contributed by atoms with Gasteiger partial charge >= 0.3 is 0 Å². The molecule has 0 aromatic carbocycles. The Morgan fingerprint density at radius 1 is 0.667 bits per heavy atom. The van der Waals surface area contributed by atoms with Crippen molar-refractivity contribution in [2.45, 2.75) is 54.4 Å². The summed E-state index contributed by atoms with van der Waals surface area (Å²) < 4.78 is 0. The minimum Gasteiger partial charge on any atom is -0.0651 e. The molecule has 0 aliphatic rings. The largest absolute Gasteiger partial charge is 0.0651 e. The highest BCUT2D eigenvalue weighted by atomic mass is 14.3. The lowest BCUT2D eigenvalue weighted by atomic mass is 9.77. The van der Waals surface area contributed by atoms with Crippen molar-refractivity contribution in [1.82, 2.24) is 0 Å². The molecule has 0 heterocycles. The van der Waals surface area contributed by atoms with Gasteiger partial charge in [-0.15, -0.1) is 0 Å². The summed E-state index contributed by atoms with van der Waals surface area (Å²) in [6.45, 7) is 14.2. The van der Waals surface area contributed by atoms with Gasteiger partial charge in [0.1, 0.15) is 0 Å². The zero-order valence-electron chi connectivity index (χ0n) is 9.72. The van der Waals surface area contributed by atoms with Crippen molar-refractivity contribution in [3.63, 3.8) is 0 Å². The SMILES string of the molecule is CC[C@@H](C)[C@@H](C)[C@H](C)[C@H](C)CC. The van der Waals surface area contributed by atoms with E-state index in [0.717, 1.165) is 23.7 Å². The topological polar surface area (TPSA) is 0 Å². The zero-order valence-corrected chi connectivity index (χ0v) is 9.72. The summed E-state index contributed by atoms with van der Waals surface area (Å²) in [6, 6.07) is 0. The van der Waals surface area contributed by atoms with Crippen molar-refractivity contribution in [2.24, 2.45) is 23.7 Å². The van der Waals surface area contributed by atoms with Gasteiger partial charge in [0.05, 0.1) is 0 Å². The molecule has 0 amide bonds. The minimum absolute atomic E-state index is 0.880. The van der Waals surface area contributed by atoms with Gasteiger partial charge in [-0.2, -0.15) is 0 Å². The molecule has 0 saturated carbocycles. The summed E-state index contributed by atoms with van der Waals surface area (Å²) >= 11 is 0. The molecule has 0 heteroatoms. The Morgan fingerprint density at radius 2 is 0.917 bits per heavy atom. The first-order valence-corrected chi connectivity index (χ1v) is 5.54. The fourth-order valence-corrected chi connectivity index (χ4v) is 1.78. The van der Waals surface area contributed by atoms with Gasteiger partial charge in [-0.25, -0.2) is 0 Å². The Morgan fingerprint density at radius 3 is 1.08 bits per heavy atom. The molecule has 0 aliphatic heterocycles. The Balaban J connectivity index is 3.99. The predicted molar refractivity (Wildman–Crippen MR) is 57.2 cm³/mol. The molecule has 0 aliphatic carbocycles. The first kappa shape index (κ1) is 12.0. The van der Waals surface area contributed by atoms with Crippen molar-refractivity contribution in [3.8, 4) is 0 Å². The van der Waals surface area contributed by atoms with Crippen LogP contribution in [0.15, 0.2) is 0 Å². The number of hydrogen-bond donors (Lipinski definition) is 0. The first-order valence-electron chi connectivity index (χ1n) is 5.54. The van der Waals surface area contributed by atoms with E-state index < -0.39 is 0 Å². The summed E-state index contributed by atoms with van der Waals surface area (Å²) in [4.78, 5) is 0. The second-order valence-electron chi connectivity index (χ2n) is 4.49. The smallest absolute Gasteiger partial charge is 0.0389 e. The molecule has 0 spiro atoms. The minimum atomic E-state index is 0.880. The van der Waals surface area contributed by atoms with Gasteiger partial charge in [0, 0.05) is 0 Å². The predicted octanol–water partition coefficient (Wildman–Crippen LogP) is 4.35. The molecule has 0 aromatic rings. The Labute approximate surface area is 78.8 Å². The van der Waals surface area contributed by atoms with Gasteiger partial charge in [-0.3, -0.25) is 0 Å². The van der Waals surface area contributed by atoms with Crippen molar-refractivity contribution in [2.75, 3.05) is 0 Å². The maximum Gasteiger partial charge on any atom is -0.0389 e. The summed E-state index contributed by atoms with van der Waals surface area (Å²) in [6.07, 6.45) is 2.64. The van der Waals surface area contributed by atoms with E-state index in [1.54, 1.807) is 0 Å². The van der Waals surface area contributed by atoms with Crippen LogP contribution in [0.5, 0.6) is 0 Å². The van der Waals surface area contributed by atoms with Gasteiger partial charge in [0.25, 0.3) is 0 Å². The molecule has 0 rings (SSSR count). The van der Waals surface area contributed by atoms with E-state index in [1.165, 1.54) is 12.8 Å². The highest BCUT2D eigenvalue weighted by molar-refractivity contribution is 4.70. The van der Waals surface area contributed by atoms with E-state index >= 15 is 0 Å². The lowest BCUT2D eigenvalue weighted by Crippen LogP contribution is -2.21. The third-order valence-electron chi connectivity index (χ3n) is 3.91. The summed E-state index contributed by atoms with van der Waals surface area (Å²) in [5.41, 5.74) is 0. The lowest BCUT2D eigenvalue weighted by Gasteiger charge is -2.29. The van der Waals surface area contributed by atoms with Crippen LogP contribution in [0.1, 0.15) is 54.4 Å². The molecule has 4 atom stereocenters. The van der Waals surface area contributed by atoms with E-state index in [1.807, 2.05) is 0 Å². The van der Waals surface area contributed by atoms with Crippen LogP contribution >= 0.6 is 0 Å². The molecule has 0 fully saturated rings. The average Bonchev–Trinajstić information content (AvgIpc) is 2.12. The number of rotatable bonds is 5. The summed E-state index contributed by atoms with van der Waals surface area (Å²) in [7, 11) is 0. The summed E-state index contributed by atoms with van der Waals surface area (Å²) in [5.74, 6) is 3.53. The van der Waals surface area contributed by atoms with E-state index in [0.29, 0.717) is 0 Å². The highest BCUT2D eigenvalue weighted by Crippen LogP contribution is 2.29. The zero-order chi connectivity index (χ0) is 9.72. The van der Waals surface area contributed by atoms with Crippen molar-refractivity contribution in [1.29, 1.82) is 0 Å². The standard InChI is InChI=1S/C12H26/c1-7-9(3)11(5)12(6)10(4)8-2/h9-12H,7-8H2,1-6H3/t9-,10-,11-,12-/m1/s1. The molecular formula is C12H26. The molecule has 0 aromatic heterocycles. The van der Waals surface area contributed by atoms with Crippen molar-refractivity contribution >= 4 is 0 Å². The first-order chi connectivity index (χ1) is 5.54. The van der Waals surface area contributed by atoms with E-state index in [2.05, 4.69) is 41.5 Å². The maximum absolute atomic E-state index is 2.41. The highest BCUT2D eigenvalue weighted by Gasteiger charge is 2.21. The molecular weight excluding hydrogens is 144 g/mol. The molecule has 74 valence electrons. The van der Waals surface area contributed by atoms with Crippen LogP contribution in [-0.4, -0.2) is 0 Å². The number of hydrogen-bond acceptors (Lipinski definition) is 0. The van der Waals surface area contributed by atoms with Gasteiger partial charge in [0.15, 0.2) is 0 Å². The molecule has 0 N–H and O–H groups in total. The molecule has 12 heavy (non-hydrogen) atoms. The Bertz CT molecular complexity index is 92.6. The van der Waals surface area contributed by atoms with Crippen LogP contribution in [0.2, 0.25) is 0 Å². The molecule has 0 unspecified atom stereocenters. The third-order valence-corrected chi connectivity index (χ3v) is 3.91. The van der Waals surface area contributed by atoms with Gasteiger partial charge < -0.3 is 0 Å². The Hall–Kier alpha value is 0. The molecule has 0 bridgehead atoms. The van der Waals surface area contributed by atoms with Gasteiger partial charge in [0.2, 0.25) is 0 Å². The van der Waals surface area contributed by atoms with Crippen molar-refractivity contribution < 1.29 is 0 Å². The fourth-order valence-electron chi connectivity index (χ4n) is 1.78. The average molecular weight is 170 g/mol. The molecule has 0 saturated heterocycles. The van der Waals surface area contributed by atoms with Crippen LogP contribution in [0, 0.1) is 23.7 Å². The van der Waals surface area contributed by atoms with Crippen LogP contribution < -0.4 is 0 Å². The molecule has 0 nitrogen and oxygen atoms in total. The second kappa shape index (κ2) is 5.61. The van der Waals surface area contributed by atoms with E-state index in [4.69, 9.17) is 0 Å². The quantitative estimate of drug-likeness (QED) is 0.575. The van der Waals surface area contributed by atoms with Crippen LogP contribution in [0.25, 0.3) is 0 Å². The fraction of sp³-hybridized carbons (Fsp3) is 1.00. The maximum atomic E-state index is 2.41. The van der Waals surface area contributed by atoms with Crippen molar-refractivity contribution in [3.05, 3.63) is 0 Å². The van der Waals surface area contributed by atoms with E-state index in [-0.39, 0.29) is 0 Å². The van der Waals surface area contributed by atoms with Gasteiger partial charge in [-0.1, -0.05) is 54.4 Å². The van der Waals surface area contributed by atoms with E-state index in [9.17, 15) is 0 Å². The third kappa shape index (κ3) is 3.16.